The monoisotopic (exact) mass is 411 g/mol. The minimum atomic E-state index is 0.644. The van der Waals surface area contributed by atoms with Crippen molar-refractivity contribution in [1.29, 1.82) is 5.26 Å². The number of nitriles is 1. The van der Waals surface area contributed by atoms with Crippen molar-refractivity contribution >= 4 is 37.5 Å². The van der Waals surface area contributed by atoms with Gasteiger partial charge < -0.3 is 14.6 Å². The van der Waals surface area contributed by atoms with Crippen molar-refractivity contribution in [3.8, 4) is 11.8 Å². The number of halogens is 2. The number of hydrogen-bond donors (Lipinski definition) is 1. The number of methoxy groups -OCH3 is 1. The molecule has 1 N–H and O–H groups in total. The maximum absolute atomic E-state index is 9.06. The molecule has 2 aromatic rings. The average molecular weight is 413 g/mol. The standard InChI is InChI=1S/C15H15Br2N3O/c1-9-10(4-11(7-18)20(9)2)8-19-14-6-15(21-3)13(17)5-12(14)16/h4-6,19H,8H2,1-3H3. The van der Waals surface area contributed by atoms with Gasteiger partial charge in [-0.25, -0.2) is 0 Å². The molecule has 0 bridgehead atoms. The molecular formula is C15H15Br2N3O. The molecule has 0 saturated carbocycles. The quantitative estimate of drug-likeness (QED) is 0.811. The normalized spacial score (nSPS) is 10.3. The summed E-state index contributed by atoms with van der Waals surface area (Å²) in [5.74, 6) is 0.767. The summed E-state index contributed by atoms with van der Waals surface area (Å²) in [7, 11) is 3.54. The van der Waals surface area contributed by atoms with Crippen LogP contribution in [0.25, 0.3) is 0 Å². The van der Waals surface area contributed by atoms with Crippen molar-refractivity contribution in [2.45, 2.75) is 13.5 Å². The molecule has 0 fully saturated rings. The predicted octanol–water partition coefficient (Wildman–Crippen LogP) is 4.35. The molecule has 0 aliphatic carbocycles. The lowest BCUT2D eigenvalue weighted by atomic mass is 10.2. The van der Waals surface area contributed by atoms with Crippen molar-refractivity contribution in [1.82, 2.24) is 4.57 Å². The maximum atomic E-state index is 9.06. The fourth-order valence-corrected chi connectivity index (χ4v) is 3.36. The number of rotatable bonds is 4. The summed E-state index contributed by atoms with van der Waals surface area (Å²) in [5.41, 5.74) is 3.79. The molecule has 0 aliphatic heterocycles. The first kappa shape index (κ1) is 15.9. The smallest absolute Gasteiger partial charge is 0.135 e. The molecule has 2 rings (SSSR count). The van der Waals surface area contributed by atoms with E-state index >= 15 is 0 Å². The average Bonchev–Trinajstić information content (AvgIpc) is 2.74. The molecule has 21 heavy (non-hydrogen) atoms. The van der Waals surface area contributed by atoms with Gasteiger partial charge in [-0.3, -0.25) is 0 Å². The minimum Gasteiger partial charge on any atom is -0.495 e. The third kappa shape index (κ3) is 3.25. The number of hydrogen-bond acceptors (Lipinski definition) is 3. The van der Waals surface area contributed by atoms with E-state index in [2.05, 4.69) is 43.2 Å². The second-order valence-electron chi connectivity index (χ2n) is 4.63. The molecule has 0 aliphatic rings. The van der Waals surface area contributed by atoms with Crippen LogP contribution in [0, 0.1) is 18.3 Å². The first-order chi connectivity index (χ1) is 9.97. The van der Waals surface area contributed by atoms with Crippen molar-refractivity contribution in [3.63, 3.8) is 0 Å². The topological polar surface area (TPSA) is 50.0 Å². The third-order valence-corrected chi connectivity index (χ3v) is 4.74. The van der Waals surface area contributed by atoms with Gasteiger partial charge in [0.25, 0.3) is 0 Å². The molecule has 0 atom stereocenters. The zero-order chi connectivity index (χ0) is 15.6. The SMILES string of the molecule is COc1cc(NCc2cc(C#N)n(C)c2C)c(Br)cc1Br. The van der Waals surface area contributed by atoms with Gasteiger partial charge in [-0.05, 0) is 56.5 Å². The number of benzene rings is 1. The number of aromatic nitrogens is 1. The van der Waals surface area contributed by atoms with Gasteiger partial charge in [-0.1, -0.05) is 0 Å². The fraction of sp³-hybridized carbons (Fsp3) is 0.267. The maximum Gasteiger partial charge on any atom is 0.135 e. The largest absolute Gasteiger partial charge is 0.495 e. The Hall–Kier alpha value is -1.45. The molecule has 1 aromatic carbocycles. The van der Waals surface area contributed by atoms with Crippen molar-refractivity contribution in [3.05, 3.63) is 44.1 Å². The van der Waals surface area contributed by atoms with E-state index in [1.54, 1.807) is 7.11 Å². The molecule has 0 saturated heterocycles. The summed E-state index contributed by atoms with van der Waals surface area (Å²) in [6.45, 7) is 2.65. The highest BCUT2D eigenvalue weighted by Crippen LogP contribution is 2.34. The summed E-state index contributed by atoms with van der Waals surface area (Å²) < 4.78 is 9.04. The van der Waals surface area contributed by atoms with Crippen LogP contribution < -0.4 is 10.1 Å². The van der Waals surface area contributed by atoms with E-state index in [-0.39, 0.29) is 0 Å². The van der Waals surface area contributed by atoms with E-state index in [1.165, 1.54) is 0 Å². The number of nitrogens with zero attached hydrogens (tertiary/aromatic N) is 2. The zero-order valence-electron chi connectivity index (χ0n) is 12.0. The van der Waals surface area contributed by atoms with E-state index in [1.807, 2.05) is 36.7 Å². The first-order valence-corrected chi connectivity index (χ1v) is 7.88. The predicted molar refractivity (Wildman–Crippen MR) is 90.6 cm³/mol. The molecule has 0 unspecified atom stereocenters. The molecule has 1 heterocycles. The van der Waals surface area contributed by atoms with Gasteiger partial charge in [-0.15, -0.1) is 0 Å². The molecule has 6 heteroatoms. The van der Waals surface area contributed by atoms with Gasteiger partial charge in [0.05, 0.1) is 17.3 Å². The van der Waals surface area contributed by atoms with Gasteiger partial charge in [0.2, 0.25) is 0 Å². The summed E-state index contributed by atoms with van der Waals surface area (Å²) >= 11 is 6.98. The molecule has 110 valence electrons. The van der Waals surface area contributed by atoms with Gasteiger partial charge in [-0.2, -0.15) is 5.26 Å². The number of anilines is 1. The molecule has 0 spiro atoms. The van der Waals surface area contributed by atoms with Crippen LogP contribution in [0.2, 0.25) is 0 Å². The number of nitrogens with one attached hydrogen (secondary N) is 1. The van der Waals surface area contributed by atoms with Gasteiger partial charge in [0, 0.05) is 29.8 Å². The molecular weight excluding hydrogens is 398 g/mol. The Morgan fingerprint density at radius 1 is 1.29 bits per heavy atom. The Balaban J connectivity index is 2.23. The van der Waals surface area contributed by atoms with E-state index in [9.17, 15) is 0 Å². The summed E-state index contributed by atoms with van der Waals surface area (Å²) in [5, 5.41) is 12.4. The Morgan fingerprint density at radius 3 is 2.57 bits per heavy atom. The highest BCUT2D eigenvalue weighted by Gasteiger charge is 2.10. The Labute approximate surface area is 141 Å². The van der Waals surface area contributed by atoms with Crippen LogP contribution in [-0.2, 0) is 13.6 Å². The third-order valence-electron chi connectivity index (χ3n) is 3.47. The van der Waals surface area contributed by atoms with Crippen molar-refractivity contribution in [2.24, 2.45) is 7.05 Å². The van der Waals surface area contributed by atoms with Crippen molar-refractivity contribution < 1.29 is 4.74 Å². The Bertz CT molecular complexity index is 717. The van der Waals surface area contributed by atoms with E-state index in [0.717, 1.165) is 31.6 Å². The van der Waals surface area contributed by atoms with Crippen LogP contribution in [0.5, 0.6) is 5.75 Å². The van der Waals surface area contributed by atoms with E-state index in [0.29, 0.717) is 12.2 Å². The van der Waals surface area contributed by atoms with Crippen LogP contribution in [0.3, 0.4) is 0 Å². The summed E-state index contributed by atoms with van der Waals surface area (Å²) in [6.07, 6.45) is 0. The highest BCUT2D eigenvalue weighted by atomic mass is 79.9. The van der Waals surface area contributed by atoms with Crippen LogP contribution >= 0.6 is 31.9 Å². The second-order valence-corrected chi connectivity index (χ2v) is 6.34. The Kier molecular flexibility index (Phi) is 4.96. The fourth-order valence-electron chi connectivity index (χ4n) is 2.06. The number of ether oxygens (including phenoxy) is 1. The summed E-state index contributed by atoms with van der Waals surface area (Å²) in [4.78, 5) is 0. The zero-order valence-corrected chi connectivity index (χ0v) is 15.2. The minimum absolute atomic E-state index is 0.644. The van der Waals surface area contributed by atoms with E-state index in [4.69, 9.17) is 10.00 Å². The van der Waals surface area contributed by atoms with Crippen LogP contribution in [0.15, 0.2) is 27.1 Å². The Morgan fingerprint density at radius 2 is 2.00 bits per heavy atom. The lowest BCUT2D eigenvalue weighted by Gasteiger charge is -2.12. The van der Waals surface area contributed by atoms with Gasteiger partial charge in [0.15, 0.2) is 0 Å². The van der Waals surface area contributed by atoms with Crippen LogP contribution in [-0.4, -0.2) is 11.7 Å². The van der Waals surface area contributed by atoms with Gasteiger partial charge in [0.1, 0.15) is 17.5 Å². The molecule has 0 amide bonds. The summed E-state index contributed by atoms with van der Waals surface area (Å²) in [6, 6.07) is 7.97. The molecule has 4 nitrogen and oxygen atoms in total. The second kappa shape index (κ2) is 6.54. The lowest BCUT2D eigenvalue weighted by molar-refractivity contribution is 0.412. The van der Waals surface area contributed by atoms with E-state index < -0.39 is 0 Å². The first-order valence-electron chi connectivity index (χ1n) is 6.30. The van der Waals surface area contributed by atoms with Crippen LogP contribution in [0.1, 0.15) is 17.0 Å². The van der Waals surface area contributed by atoms with Crippen LogP contribution in [0.4, 0.5) is 5.69 Å². The van der Waals surface area contributed by atoms with Crippen molar-refractivity contribution in [2.75, 3.05) is 12.4 Å². The lowest BCUT2D eigenvalue weighted by Crippen LogP contribution is -2.02. The molecule has 0 radical (unpaired) electrons. The van der Waals surface area contributed by atoms with Gasteiger partial charge >= 0.3 is 0 Å². The molecule has 1 aromatic heterocycles. The highest BCUT2D eigenvalue weighted by molar-refractivity contribution is 9.11.